The van der Waals surface area contributed by atoms with Crippen LogP contribution in [0.4, 0.5) is 5.69 Å². The first kappa shape index (κ1) is 18.2. The van der Waals surface area contributed by atoms with Crippen LogP contribution in [0.2, 0.25) is 0 Å². The first-order valence-electron chi connectivity index (χ1n) is 8.42. The number of aromatic nitrogens is 2. The second-order valence-corrected chi connectivity index (χ2v) is 5.79. The molecule has 0 fully saturated rings. The minimum Gasteiger partial charge on any atom is -0.457 e. The van der Waals surface area contributed by atoms with Gasteiger partial charge in [-0.05, 0) is 48.9 Å². The topological polar surface area (TPSA) is 76.7 Å². The molecule has 134 valence electrons. The fourth-order valence-electron chi connectivity index (χ4n) is 2.39. The van der Waals surface area contributed by atoms with E-state index in [1.54, 1.807) is 55.5 Å². The molecule has 1 aromatic heterocycles. The highest BCUT2D eigenvalue weighted by atomic mass is 16.5. The molecular weight excluding hydrogens is 342 g/mol. The molecule has 0 radical (unpaired) electrons. The van der Waals surface area contributed by atoms with E-state index in [0.717, 1.165) is 5.56 Å². The number of aliphatic hydroxyl groups excluding tert-OH is 1. The maximum atomic E-state index is 12.1. The van der Waals surface area contributed by atoms with Crippen molar-refractivity contribution < 1.29 is 14.6 Å². The van der Waals surface area contributed by atoms with Crippen molar-refractivity contribution in [3.63, 3.8) is 0 Å². The van der Waals surface area contributed by atoms with Crippen molar-refractivity contribution in [2.45, 2.75) is 19.4 Å². The molecule has 0 aliphatic heterocycles. The van der Waals surface area contributed by atoms with E-state index in [1.807, 2.05) is 0 Å². The lowest BCUT2D eigenvalue weighted by atomic mass is 10.1. The van der Waals surface area contributed by atoms with Crippen molar-refractivity contribution in [1.29, 1.82) is 0 Å². The lowest BCUT2D eigenvalue weighted by Gasteiger charge is -2.08. The third kappa shape index (κ3) is 4.35. The van der Waals surface area contributed by atoms with E-state index < -0.39 is 11.9 Å². The third-order valence-corrected chi connectivity index (χ3v) is 3.91. The van der Waals surface area contributed by atoms with Crippen LogP contribution >= 0.6 is 0 Å². The molecule has 0 bridgehead atoms. The van der Waals surface area contributed by atoms with Gasteiger partial charge in [0, 0.05) is 11.8 Å². The van der Waals surface area contributed by atoms with Gasteiger partial charge < -0.3 is 9.84 Å². The van der Waals surface area contributed by atoms with Crippen molar-refractivity contribution in [1.82, 2.24) is 9.97 Å². The molecule has 2 aromatic carbocycles. The van der Waals surface area contributed by atoms with Crippen molar-refractivity contribution in [2.24, 2.45) is 0 Å². The number of carbonyl (C=O) groups excluding carboxylic acids is 1. The monoisotopic (exact) mass is 359 g/mol. The van der Waals surface area contributed by atoms with E-state index >= 15 is 0 Å². The first-order chi connectivity index (χ1) is 13.1. The summed E-state index contributed by atoms with van der Waals surface area (Å²) in [5, 5.41) is 9.71. The van der Waals surface area contributed by atoms with Gasteiger partial charge in [-0.15, -0.1) is 0 Å². The summed E-state index contributed by atoms with van der Waals surface area (Å²) >= 11 is 0. The predicted molar refractivity (Wildman–Crippen MR) is 101 cm³/mol. The lowest BCUT2D eigenvalue weighted by Crippen LogP contribution is -2.20. The van der Waals surface area contributed by atoms with Gasteiger partial charge in [0.15, 0.2) is 11.5 Å². The van der Waals surface area contributed by atoms with E-state index in [1.165, 1.54) is 12.3 Å². The van der Waals surface area contributed by atoms with Crippen LogP contribution in [0.1, 0.15) is 23.8 Å². The molecule has 1 atom stereocenters. The van der Waals surface area contributed by atoms with E-state index in [-0.39, 0.29) is 5.69 Å². The van der Waals surface area contributed by atoms with Crippen molar-refractivity contribution in [2.75, 3.05) is 0 Å². The Kier molecular flexibility index (Phi) is 5.55. The number of carbonyl (C=O) groups is 1. The maximum absolute atomic E-state index is 12.1. The minimum absolute atomic E-state index is 0.189. The summed E-state index contributed by atoms with van der Waals surface area (Å²) in [5.74, 6) is 1.25. The van der Waals surface area contributed by atoms with Crippen molar-refractivity contribution >= 4 is 11.5 Å². The van der Waals surface area contributed by atoms with Crippen LogP contribution in [-0.4, -0.2) is 27.0 Å². The molecule has 1 heterocycles. The number of ether oxygens (including phenoxy) is 1. The number of aliphatic hydroxyl groups is 1. The summed E-state index contributed by atoms with van der Waals surface area (Å²) < 4.78 is 5.75. The number of hydrogen-bond donors (Lipinski definition) is 1. The zero-order valence-corrected chi connectivity index (χ0v) is 14.7. The summed E-state index contributed by atoms with van der Waals surface area (Å²) in [6.45, 7) is 8.69. The number of nitrogens with zero attached hydrogens (tertiary/aromatic N) is 3. The highest BCUT2D eigenvalue weighted by Gasteiger charge is 2.17. The predicted octanol–water partition coefficient (Wildman–Crippen LogP) is 4.44. The minimum atomic E-state index is -1.06. The van der Waals surface area contributed by atoms with Crippen molar-refractivity contribution in [3.05, 3.63) is 77.9 Å². The Hall–Kier alpha value is -3.56. The summed E-state index contributed by atoms with van der Waals surface area (Å²) in [7, 11) is 0. The molecule has 3 rings (SSSR count). The van der Waals surface area contributed by atoms with Crippen LogP contribution in [0.3, 0.4) is 0 Å². The molecule has 0 saturated carbocycles. The number of Topliss-reactive ketones (excluding diaryl/α,β-unsaturated/α-hetero) is 1. The molecular formula is C21H17N3O3. The normalized spacial score (nSPS) is 11.4. The second kappa shape index (κ2) is 8.21. The molecule has 1 N–H and O–H groups in total. The molecule has 6 heteroatoms. The SMILES string of the molecule is [C-]#[N+]c1ccc(Oc2ccc(-c3nccc(C(=O)[C@H](O)CC)n3)cc2)cc1. The van der Waals surface area contributed by atoms with Crippen LogP contribution in [0.5, 0.6) is 11.5 Å². The van der Waals surface area contributed by atoms with E-state index in [2.05, 4.69) is 14.8 Å². The summed E-state index contributed by atoms with van der Waals surface area (Å²) in [4.78, 5) is 23.9. The first-order valence-corrected chi connectivity index (χ1v) is 8.42. The fraction of sp³-hybridized carbons (Fsp3) is 0.143. The van der Waals surface area contributed by atoms with Crippen LogP contribution in [-0.2, 0) is 0 Å². The molecule has 3 aromatic rings. The number of hydrogen-bond acceptors (Lipinski definition) is 5. The Morgan fingerprint density at radius 3 is 2.33 bits per heavy atom. The highest BCUT2D eigenvalue weighted by molar-refractivity contribution is 5.97. The van der Waals surface area contributed by atoms with Crippen LogP contribution in [0.15, 0.2) is 60.8 Å². The standard InChI is InChI=1S/C21H17N3O3/c1-3-19(25)20(26)18-12-13-23-21(24-18)14-4-8-16(9-5-14)27-17-10-6-15(22-2)7-11-17/h4-13,19,25H,3H2,1H3/t19-/m1/s1. The lowest BCUT2D eigenvalue weighted by molar-refractivity contribution is 0.0735. The summed E-state index contributed by atoms with van der Waals surface area (Å²) in [6, 6.07) is 15.5. The Morgan fingerprint density at radius 1 is 1.11 bits per heavy atom. The van der Waals surface area contributed by atoms with Gasteiger partial charge >= 0.3 is 0 Å². The van der Waals surface area contributed by atoms with E-state index in [9.17, 15) is 9.90 Å². The molecule has 0 aliphatic carbocycles. The van der Waals surface area contributed by atoms with Gasteiger partial charge in [0.2, 0.25) is 5.78 Å². The Balaban J connectivity index is 1.77. The second-order valence-electron chi connectivity index (χ2n) is 5.79. The largest absolute Gasteiger partial charge is 0.457 e. The summed E-state index contributed by atoms with van der Waals surface area (Å²) in [5.41, 5.74) is 1.47. The smallest absolute Gasteiger partial charge is 0.209 e. The Labute approximate surface area is 156 Å². The third-order valence-electron chi connectivity index (χ3n) is 3.91. The maximum Gasteiger partial charge on any atom is 0.209 e. The Morgan fingerprint density at radius 2 is 1.74 bits per heavy atom. The van der Waals surface area contributed by atoms with E-state index in [0.29, 0.717) is 29.4 Å². The molecule has 0 saturated heterocycles. The van der Waals surface area contributed by atoms with Gasteiger partial charge in [-0.1, -0.05) is 19.1 Å². The number of ketones is 1. The van der Waals surface area contributed by atoms with E-state index in [4.69, 9.17) is 11.3 Å². The molecule has 0 unspecified atom stereocenters. The van der Waals surface area contributed by atoms with Crippen LogP contribution in [0, 0.1) is 6.57 Å². The van der Waals surface area contributed by atoms with Crippen molar-refractivity contribution in [3.8, 4) is 22.9 Å². The van der Waals surface area contributed by atoms with Crippen LogP contribution in [0.25, 0.3) is 16.2 Å². The number of rotatable bonds is 6. The highest BCUT2D eigenvalue weighted by Crippen LogP contribution is 2.26. The zero-order chi connectivity index (χ0) is 19.2. The molecule has 0 amide bonds. The fourth-order valence-corrected chi connectivity index (χ4v) is 2.39. The molecule has 0 spiro atoms. The van der Waals surface area contributed by atoms with Crippen LogP contribution < -0.4 is 4.74 Å². The van der Waals surface area contributed by atoms with Gasteiger partial charge in [0.05, 0.1) is 6.57 Å². The summed E-state index contributed by atoms with van der Waals surface area (Å²) in [6.07, 6.45) is 0.778. The quantitative estimate of drug-likeness (QED) is 0.520. The van der Waals surface area contributed by atoms with Gasteiger partial charge in [-0.2, -0.15) is 0 Å². The zero-order valence-electron chi connectivity index (χ0n) is 14.7. The van der Waals surface area contributed by atoms with Gasteiger partial charge in [0.25, 0.3) is 0 Å². The molecule has 6 nitrogen and oxygen atoms in total. The number of benzene rings is 2. The molecule has 27 heavy (non-hydrogen) atoms. The van der Waals surface area contributed by atoms with Gasteiger partial charge in [-0.25, -0.2) is 14.8 Å². The Bertz CT molecular complexity index is 977. The average molecular weight is 359 g/mol. The average Bonchev–Trinajstić information content (AvgIpc) is 2.74. The molecule has 0 aliphatic rings. The van der Waals surface area contributed by atoms with Gasteiger partial charge in [-0.3, -0.25) is 4.79 Å². The van der Waals surface area contributed by atoms with Gasteiger partial charge in [0.1, 0.15) is 23.3 Å².